The number of rotatable bonds is 10. The molecule has 3 rings (SSSR count). The van der Waals surface area contributed by atoms with Gasteiger partial charge in [0.15, 0.2) is 11.5 Å². The molecular weight excluding hydrogens is 389 g/mol. The maximum atomic E-state index is 13.8. The Morgan fingerprint density at radius 2 is 1.83 bits per heavy atom. The summed E-state index contributed by atoms with van der Waals surface area (Å²) in [6, 6.07) is 11.2. The fourth-order valence-corrected chi connectivity index (χ4v) is 3.15. The van der Waals surface area contributed by atoms with Crippen molar-refractivity contribution in [1.29, 1.82) is 0 Å². The molecule has 2 aromatic carbocycles. The number of imidazole rings is 1. The van der Waals surface area contributed by atoms with E-state index in [-0.39, 0.29) is 19.0 Å². The predicted molar refractivity (Wildman–Crippen MR) is 111 cm³/mol. The molecule has 0 fully saturated rings. The number of para-hydroxylation sites is 1. The highest BCUT2D eigenvalue weighted by Gasteiger charge is 2.20. The largest absolute Gasteiger partial charge is 0.493 e. The summed E-state index contributed by atoms with van der Waals surface area (Å²) in [4.78, 5) is 4.37. The topological polar surface area (TPSA) is 77.8 Å². The zero-order valence-corrected chi connectivity index (χ0v) is 17.2. The van der Waals surface area contributed by atoms with E-state index in [1.54, 1.807) is 30.5 Å². The van der Waals surface area contributed by atoms with Crippen LogP contribution >= 0.6 is 0 Å². The Morgan fingerprint density at radius 1 is 1.13 bits per heavy atom. The third kappa shape index (κ3) is 5.08. The summed E-state index contributed by atoms with van der Waals surface area (Å²) in [7, 11) is 4.94. The average Bonchev–Trinajstić information content (AvgIpc) is 3.17. The first-order chi connectivity index (χ1) is 14.5. The molecule has 0 saturated carbocycles. The van der Waals surface area contributed by atoms with Gasteiger partial charge in [-0.2, -0.15) is 0 Å². The van der Waals surface area contributed by atoms with Gasteiger partial charge in [-0.05, 0) is 29.8 Å². The van der Waals surface area contributed by atoms with Gasteiger partial charge in [-0.15, -0.1) is 0 Å². The minimum Gasteiger partial charge on any atom is -0.493 e. The van der Waals surface area contributed by atoms with Gasteiger partial charge in [0.25, 0.3) is 0 Å². The van der Waals surface area contributed by atoms with E-state index in [2.05, 4.69) is 10.3 Å². The van der Waals surface area contributed by atoms with Crippen LogP contribution in [0.15, 0.2) is 54.9 Å². The number of aromatic nitrogens is 2. The molecule has 0 radical (unpaired) electrons. The maximum Gasteiger partial charge on any atom is 0.203 e. The summed E-state index contributed by atoms with van der Waals surface area (Å²) in [5, 5.41) is 13.7. The second kappa shape index (κ2) is 10.1. The van der Waals surface area contributed by atoms with E-state index in [9.17, 15) is 9.50 Å². The quantitative estimate of drug-likeness (QED) is 0.530. The normalized spacial score (nSPS) is 13.0. The zero-order chi connectivity index (χ0) is 21.5. The van der Waals surface area contributed by atoms with Crippen molar-refractivity contribution in [3.05, 3.63) is 72.1 Å². The number of benzene rings is 2. The van der Waals surface area contributed by atoms with Crippen molar-refractivity contribution in [1.82, 2.24) is 14.9 Å². The first-order valence-electron chi connectivity index (χ1n) is 9.51. The van der Waals surface area contributed by atoms with Gasteiger partial charge in [-0.1, -0.05) is 18.2 Å². The molecule has 8 heteroatoms. The van der Waals surface area contributed by atoms with Crippen LogP contribution in [0, 0.1) is 5.82 Å². The van der Waals surface area contributed by atoms with Crippen molar-refractivity contribution in [2.75, 3.05) is 27.4 Å². The summed E-state index contributed by atoms with van der Waals surface area (Å²) in [6.45, 7) is 0.214. The summed E-state index contributed by atoms with van der Waals surface area (Å²) >= 11 is 0. The monoisotopic (exact) mass is 415 g/mol. The van der Waals surface area contributed by atoms with Crippen molar-refractivity contribution in [2.45, 2.75) is 12.1 Å². The third-order valence-electron chi connectivity index (χ3n) is 4.66. The van der Waals surface area contributed by atoms with Gasteiger partial charge in [-0.25, -0.2) is 9.37 Å². The molecule has 30 heavy (non-hydrogen) atoms. The van der Waals surface area contributed by atoms with Crippen LogP contribution < -0.4 is 19.5 Å². The number of aliphatic hydroxyl groups excluding tert-OH is 1. The molecule has 160 valence electrons. The lowest BCUT2D eigenvalue weighted by Gasteiger charge is -2.22. The highest BCUT2D eigenvalue weighted by atomic mass is 19.1. The second-order valence-electron chi connectivity index (χ2n) is 6.75. The van der Waals surface area contributed by atoms with Gasteiger partial charge < -0.3 is 29.2 Å². The number of hydrogen-bond acceptors (Lipinski definition) is 6. The number of methoxy groups -OCH3 is 2. The molecule has 7 nitrogen and oxygen atoms in total. The van der Waals surface area contributed by atoms with E-state index in [1.165, 1.54) is 26.4 Å². The molecule has 0 aliphatic heterocycles. The molecule has 2 atom stereocenters. The first-order valence-corrected chi connectivity index (χ1v) is 9.51. The van der Waals surface area contributed by atoms with Crippen LogP contribution in [0.4, 0.5) is 4.39 Å². The van der Waals surface area contributed by atoms with Crippen LogP contribution in [0.1, 0.15) is 17.4 Å². The highest BCUT2D eigenvalue weighted by molar-refractivity contribution is 5.51. The molecular formula is C22H26FN3O4. The molecule has 0 saturated heterocycles. The van der Waals surface area contributed by atoms with Gasteiger partial charge in [0.1, 0.15) is 24.4 Å². The van der Waals surface area contributed by atoms with E-state index >= 15 is 0 Å². The van der Waals surface area contributed by atoms with Crippen molar-refractivity contribution < 1.29 is 23.7 Å². The molecule has 2 N–H and O–H groups in total. The molecule has 1 aromatic heterocycles. The average molecular weight is 415 g/mol. The SMILES string of the molecule is COc1cccc(OC)c1OCC(O)CNC(c1cccc(F)c1)c1nccn1C. The van der Waals surface area contributed by atoms with E-state index in [0.717, 1.165) is 0 Å². The summed E-state index contributed by atoms with van der Waals surface area (Å²) in [6.07, 6.45) is 2.66. The first kappa shape index (κ1) is 21.6. The molecule has 0 aliphatic rings. The Kier molecular flexibility index (Phi) is 7.26. The number of aliphatic hydroxyl groups is 1. The van der Waals surface area contributed by atoms with Crippen LogP contribution in [-0.4, -0.2) is 48.1 Å². The molecule has 1 heterocycles. The molecule has 0 amide bonds. The van der Waals surface area contributed by atoms with Gasteiger partial charge in [0, 0.05) is 26.0 Å². The predicted octanol–water partition coefficient (Wildman–Crippen LogP) is 2.70. The van der Waals surface area contributed by atoms with Gasteiger partial charge in [-0.3, -0.25) is 0 Å². The lowest BCUT2D eigenvalue weighted by molar-refractivity contribution is 0.101. The van der Waals surface area contributed by atoms with Gasteiger partial charge in [0.05, 0.1) is 20.3 Å². The van der Waals surface area contributed by atoms with E-state index in [4.69, 9.17) is 14.2 Å². The second-order valence-corrected chi connectivity index (χ2v) is 6.75. The molecule has 3 aromatic rings. The van der Waals surface area contributed by atoms with Crippen molar-refractivity contribution >= 4 is 0 Å². The summed E-state index contributed by atoms with van der Waals surface area (Å²) < 4.78 is 32.0. The minimum absolute atomic E-state index is 0.0141. The smallest absolute Gasteiger partial charge is 0.203 e. The molecule has 0 spiro atoms. The highest BCUT2D eigenvalue weighted by Crippen LogP contribution is 2.36. The zero-order valence-electron chi connectivity index (χ0n) is 17.2. The van der Waals surface area contributed by atoms with Crippen LogP contribution in [0.2, 0.25) is 0 Å². The van der Waals surface area contributed by atoms with E-state index < -0.39 is 12.1 Å². The molecule has 0 bridgehead atoms. The van der Waals surface area contributed by atoms with E-state index in [0.29, 0.717) is 28.6 Å². The maximum absolute atomic E-state index is 13.8. The number of hydrogen-bond donors (Lipinski definition) is 2. The Bertz CT molecular complexity index is 941. The van der Waals surface area contributed by atoms with Crippen LogP contribution in [0.25, 0.3) is 0 Å². The third-order valence-corrected chi connectivity index (χ3v) is 4.66. The number of halogens is 1. The number of aryl methyl sites for hydroxylation is 1. The van der Waals surface area contributed by atoms with Crippen molar-refractivity contribution in [3.63, 3.8) is 0 Å². The van der Waals surface area contributed by atoms with Crippen LogP contribution in [0.5, 0.6) is 17.2 Å². The lowest BCUT2D eigenvalue weighted by Crippen LogP contribution is -2.35. The number of nitrogens with zero attached hydrogens (tertiary/aromatic N) is 2. The van der Waals surface area contributed by atoms with Gasteiger partial charge in [0.2, 0.25) is 5.75 Å². The Hall–Kier alpha value is -3.10. The van der Waals surface area contributed by atoms with Crippen molar-refractivity contribution in [2.24, 2.45) is 7.05 Å². The molecule has 0 aliphatic carbocycles. The Labute approximate surface area is 175 Å². The van der Waals surface area contributed by atoms with Gasteiger partial charge >= 0.3 is 0 Å². The fraction of sp³-hybridized carbons (Fsp3) is 0.318. The standard InChI is InChI=1S/C22H26FN3O4/c1-26-11-10-24-22(26)20(15-6-4-7-16(23)12-15)25-13-17(27)14-30-21-18(28-2)8-5-9-19(21)29-3/h4-12,17,20,25,27H,13-14H2,1-3H3. The fourth-order valence-electron chi connectivity index (χ4n) is 3.15. The Morgan fingerprint density at radius 3 is 2.43 bits per heavy atom. The van der Waals surface area contributed by atoms with Crippen LogP contribution in [0.3, 0.4) is 0 Å². The lowest BCUT2D eigenvalue weighted by atomic mass is 10.1. The Balaban J connectivity index is 1.68. The molecule has 2 unspecified atom stereocenters. The number of nitrogens with one attached hydrogen (secondary N) is 1. The van der Waals surface area contributed by atoms with E-state index in [1.807, 2.05) is 23.9 Å². The van der Waals surface area contributed by atoms with Crippen LogP contribution in [-0.2, 0) is 7.05 Å². The summed E-state index contributed by atoms with van der Waals surface area (Å²) in [5.41, 5.74) is 0.712. The minimum atomic E-state index is -0.837. The van der Waals surface area contributed by atoms with Crippen molar-refractivity contribution in [3.8, 4) is 17.2 Å². The summed E-state index contributed by atoms with van der Waals surface area (Å²) in [5.74, 6) is 1.83. The number of ether oxygens (including phenoxy) is 3.